The Bertz CT molecular complexity index is 1280. The molecule has 8 nitrogen and oxygen atoms in total. The molecule has 5 rings (SSSR count). The van der Waals surface area contributed by atoms with Crippen molar-refractivity contribution in [3.8, 4) is 0 Å². The van der Waals surface area contributed by atoms with E-state index < -0.39 is 5.91 Å². The first kappa shape index (κ1) is 24.4. The van der Waals surface area contributed by atoms with Crippen molar-refractivity contribution in [3.05, 3.63) is 96.4 Å². The molecule has 1 amide bonds. The summed E-state index contributed by atoms with van der Waals surface area (Å²) in [6, 6.07) is 22.3. The number of rotatable bonds is 10. The molecule has 0 spiro atoms. The number of piperidine rings is 1. The quantitative estimate of drug-likeness (QED) is 0.285. The van der Waals surface area contributed by atoms with Crippen molar-refractivity contribution in [2.75, 3.05) is 28.6 Å². The Morgan fingerprint density at radius 2 is 1.81 bits per heavy atom. The van der Waals surface area contributed by atoms with Gasteiger partial charge in [0.05, 0.1) is 11.3 Å². The zero-order valence-corrected chi connectivity index (χ0v) is 20.9. The van der Waals surface area contributed by atoms with E-state index in [-0.39, 0.29) is 0 Å². The Kier molecular flexibility index (Phi) is 7.64. The monoisotopic (exact) mass is 495 g/mol. The van der Waals surface area contributed by atoms with Crippen molar-refractivity contribution in [1.82, 2.24) is 14.8 Å². The van der Waals surface area contributed by atoms with E-state index in [0.29, 0.717) is 23.6 Å². The molecule has 4 aromatic rings. The summed E-state index contributed by atoms with van der Waals surface area (Å²) in [5, 5.41) is 11.0. The van der Waals surface area contributed by atoms with E-state index in [1.165, 1.54) is 31.1 Å². The van der Waals surface area contributed by atoms with Crippen LogP contribution in [0.5, 0.6) is 0 Å². The molecule has 0 saturated carbocycles. The van der Waals surface area contributed by atoms with Crippen LogP contribution in [-0.4, -0.2) is 33.8 Å². The molecule has 2 aromatic carbocycles. The first-order valence-electron chi connectivity index (χ1n) is 12.8. The highest BCUT2D eigenvalue weighted by Crippen LogP contribution is 2.28. The minimum Gasteiger partial charge on any atom is -0.380 e. The third-order valence-corrected chi connectivity index (χ3v) is 6.94. The van der Waals surface area contributed by atoms with Gasteiger partial charge in [-0.2, -0.15) is 5.10 Å². The summed E-state index contributed by atoms with van der Waals surface area (Å²) in [5.41, 5.74) is 9.88. The maximum Gasteiger partial charge on any atom is 0.252 e. The number of hydrogen-bond acceptors (Lipinski definition) is 6. The number of aryl methyl sites for hydroxylation is 1. The van der Waals surface area contributed by atoms with Gasteiger partial charge in [-0.3, -0.25) is 9.48 Å². The van der Waals surface area contributed by atoms with Crippen molar-refractivity contribution in [2.45, 2.75) is 32.4 Å². The van der Waals surface area contributed by atoms with E-state index in [9.17, 15) is 4.79 Å². The maximum atomic E-state index is 11.9. The third-order valence-electron chi connectivity index (χ3n) is 6.94. The fourth-order valence-electron chi connectivity index (χ4n) is 4.79. The van der Waals surface area contributed by atoms with Gasteiger partial charge in [-0.15, -0.1) is 0 Å². The topological polar surface area (TPSA) is 101 Å². The van der Waals surface area contributed by atoms with Gasteiger partial charge >= 0.3 is 0 Å². The lowest BCUT2D eigenvalue weighted by Crippen LogP contribution is -2.33. The minimum atomic E-state index is -0.510. The molecule has 3 heterocycles. The summed E-state index contributed by atoms with van der Waals surface area (Å²) in [4.78, 5) is 18.8. The molecule has 4 N–H and O–H groups in total. The Morgan fingerprint density at radius 1 is 1.03 bits per heavy atom. The van der Waals surface area contributed by atoms with E-state index >= 15 is 0 Å². The van der Waals surface area contributed by atoms with Gasteiger partial charge in [0, 0.05) is 62.2 Å². The highest BCUT2D eigenvalue weighted by atomic mass is 16.1. The SMILES string of the molecule is NC(=O)c1cnc(Nc2ccc(N3CCC(CCn4cccn4)CC3)cc2)cc1NCc1ccccc1. The van der Waals surface area contributed by atoms with Gasteiger partial charge in [-0.25, -0.2) is 4.98 Å². The van der Waals surface area contributed by atoms with Gasteiger partial charge in [0.15, 0.2) is 0 Å². The Labute approximate surface area is 217 Å². The van der Waals surface area contributed by atoms with Crippen molar-refractivity contribution >= 4 is 28.8 Å². The van der Waals surface area contributed by atoms with Crippen LogP contribution in [0.3, 0.4) is 0 Å². The standard InChI is InChI=1S/C29H33N7O/c30-29(37)26-21-32-28(19-27(26)31-20-23-5-2-1-3-6-23)34-24-7-9-25(10-8-24)35-16-11-22(12-17-35)13-18-36-15-4-14-33-36/h1-10,14-15,19,21-22H,11-13,16-18,20H2,(H2,30,37)(H2,31,32,34). The van der Waals surface area contributed by atoms with Crippen LogP contribution in [0, 0.1) is 5.92 Å². The van der Waals surface area contributed by atoms with Gasteiger partial charge in [0.25, 0.3) is 5.91 Å². The van der Waals surface area contributed by atoms with Crippen molar-refractivity contribution in [1.29, 1.82) is 0 Å². The highest BCUT2D eigenvalue weighted by Gasteiger charge is 2.19. The summed E-state index contributed by atoms with van der Waals surface area (Å²) in [7, 11) is 0. The summed E-state index contributed by atoms with van der Waals surface area (Å²) in [6.07, 6.45) is 8.99. The van der Waals surface area contributed by atoms with Crippen molar-refractivity contribution < 1.29 is 4.79 Å². The zero-order valence-electron chi connectivity index (χ0n) is 20.9. The third kappa shape index (κ3) is 6.46. The molecule has 2 aromatic heterocycles. The Balaban J connectivity index is 1.17. The highest BCUT2D eigenvalue weighted by molar-refractivity contribution is 5.98. The smallest absolute Gasteiger partial charge is 0.252 e. The average molecular weight is 496 g/mol. The summed E-state index contributed by atoms with van der Waals surface area (Å²) < 4.78 is 2.02. The van der Waals surface area contributed by atoms with Crippen LogP contribution >= 0.6 is 0 Å². The number of carbonyl (C=O) groups is 1. The normalized spacial score (nSPS) is 13.9. The van der Waals surface area contributed by atoms with Crippen LogP contribution in [0.1, 0.15) is 35.2 Å². The van der Waals surface area contributed by atoms with Crippen molar-refractivity contribution in [2.24, 2.45) is 11.7 Å². The molecular weight excluding hydrogens is 462 g/mol. The molecule has 0 unspecified atom stereocenters. The lowest BCUT2D eigenvalue weighted by atomic mass is 9.93. The van der Waals surface area contributed by atoms with Gasteiger partial charge in [0.1, 0.15) is 5.82 Å². The second kappa shape index (κ2) is 11.6. The van der Waals surface area contributed by atoms with Crippen molar-refractivity contribution in [3.63, 3.8) is 0 Å². The Morgan fingerprint density at radius 3 is 2.51 bits per heavy atom. The molecule has 190 valence electrons. The lowest BCUT2D eigenvalue weighted by molar-refractivity contribution is 0.100. The van der Waals surface area contributed by atoms with E-state index in [0.717, 1.165) is 36.8 Å². The zero-order chi connectivity index (χ0) is 25.5. The number of primary amides is 1. The van der Waals surface area contributed by atoms with E-state index in [1.54, 1.807) is 0 Å². The van der Waals surface area contributed by atoms with Crippen LogP contribution < -0.4 is 21.3 Å². The number of carbonyl (C=O) groups excluding carboxylic acids is 1. The molecule has 1 aliphatic heterocycles. The number of benzene rings is 2. The van der Waals surface area contributed by atoms with E-state index in [1.807, 2.05) is 59.5 Å². The predicted molar refractivity (Wildman–Crippen MR) is 148 cm³/mol. The number of nitrogens with two attached hydrogens (primary N) is 1. The van der Waals surface area contributed by atoms with E-state index in [4.69, 9.17) is 5.73 Å². The number of hydrogen-bond donors (Lipinski definition) is 3. The molecule has 0 bridgehead atoms. The molecule has 1 saturated heterocycles. The molecule has 0 radical (unpaired) electrons. The van der Waals surface area contributed by atoms with Gasteiger partial charge in [0.2, 0.25) is 0 Å². The van der Waals surface area contributed by atoms with Crippen LogP contribution in [0.4, 0.5) is 22.9 Å². The van der Waals surface area contributed by atoms with Crippen LogP contribution in [0.25, 0.3) is 0 Å². The summed E-state index contributed by atoms with van der Waals surface area (Å²) in [5.74, 6) is 0.885. The lowest BCUT2D eigenvalue weighted by Gasteiger charge is -2.33. The number of anilines is 4. The van der Waals surface area contributed by atoms with Crippen LogP contribution in [-0.2, 0) is 13.1 Å². The average Bonchev–Trinajstić information content (AvgIpc) is 3.46. The Hall–Kier alpha value is -4.33. The predicted octanol–water partition coefficient (Wildman–Crippen LogP) is 5.04. The first-order chi connectivity index (χ1) is 18.1. The molecule has 0 atom stereocenters. The molecular formula is C29H33N7O. The van der Waals surface area contributed by atoms with Gasteiger partial charge in [-0.1, -0.05) is 30.3 Å². The van der Waals surface area contributed by atoms with Gasteiger partial charge in [-0.05, 0) is 61.1 Å². The fourth-order valence-corrected chi connectivity index (χ4v) is 4.79. The molecule has 1 aliphatic rings. The fraction of sp³-hybridized carbons (Fsp3) is 0.276. The number of pyridine rings is 1. The minimum absolute atomic E-state index is 0.366. The largest absolute Gasteiger partial charge is 0.380 e. The second-order valence-electron chi connectivity index (χ2n) is 9.48. The van der Waals surface area contributed by atoms with Crippen LogP contribution in [0.15, 0.2) is 85.3 Å². The molecule has 0 aliphatic carbocycles. The van der Waals surface area contributed by atoms with Crippen LogP contribution in [0.2, 0.25) is 0 Å². The number of nitrogens with one attached hydrogen (secondary N) is 2. The van der Waals surface area contributed by atoms with E-state index in [2.05, 4.69) is 49.9 Å². The number of nitrogens with zero attached hydrogens (tertiary/aromatic N) is 4. The molecule has 8 heteroatoms. The molecule has 37 heavy (non-hydrogen) atoms. The number of amides is 1. The maximum absolute atomic E-state index is 11.9. The molecule has 1 fully saturated rings. The summed E-state index contributed by atoms with van der Waals surface area (Å²) in [6.45, 7) is 3.72. The number of aromatic nitrogens is 3. The first-order valence-corrected chi connectivity index (χ1v) is 12.8. The second-order valence-corrected chi connectivity index (χ2v) is 9.48. The van der Waals surface area contributed by atoms with Gasteiger partial charge < -0.3 is 21.3 Å². The summed E-state index contributed by atoms with van der Waals surface area (Å²) >= 11 is 0.